The second kappa shape index (κ2) is 5.98. The van der Waals surface area contributed by atoms with Crippen molar-refractivity contribution in [2.24, 2.45) is 17.6 Å². The Kier molecular flexibility index (Phi) is 4.90. The number of methoxy groups -OCH3 is 1. The van der Waals surface area contributed by atoms with Gasteiger partial charge in [-0.25, -0.2) is 0 Å². The Bertz CT molecular complexity index is 179. The van der Waals surface area contributed by atoms with Crippen LogP contribution in [0.15, 0.2) is 0 Å². The maximum Gasteiger partial charge on any atom is 0.309 e. The molecule has 3 N–H and O–H groups in total. The minimum atomic E-state index is -0.161. The van der Waals surface area contributed by atoms with Crippen LogP contribution in [0.3, 0.4) is 0 Å². The molecule has 1 rings (SSSR count). The fourth-order valence-electron chi connectivity index (χ4n) is 1.98. The van der Waals surface area contributed by atoms with Crippen molar-refractivity contribution in [3.05, 3.63) is 0 Å². The molecule has 0 amide bonds. The van der Waals surface area contributed by atoms with Crippen LogP contribution in [0.4, 0.5) is 0 Å². The average molecular weight is 200 g/mol. The zero-order valence-corrected chi connectivity index (χ0v) is 8.79. The van der Waals surface area contributed by atoms with Gasteiger partial charge in [0.05, 0.1) is 13.0 Å². The summed E-state index contributed by atoms with van der Waals surface area (Å²) in [5.41, 5.74) is 5.55. The van der Waals surface area contributed by atoms with E-state index >= 15 is 0 Å². The molecule has 0 saturated carbocycles. The van der Waals surface area contributed by atoms with Crippen molar-refractivity contribution in [3.8, 4) is 0 Å². The molecule has 4 heteroatoms. The smallest absolute Gasteiger partial charge is 0.309 e. The Labute approximate surface area is 85.2 Å². The fraction of sp³-hybridized carbons (Fsp3) is 0.900. The lowest BCUT2D eigenvalue weighted by Crippen LogP contribution is -2.32. The van der Waals surface area contributed by atoms with Gasteiger partial charge in [-0.15, -0.1) is 0 Å². The third kappa shape index (κ3) is 3.27. The van der Waals surface area contributed by atoms with Gasteiger partial charge < -0.3 is 15.8 Å². The summed E-state index contributed by atoms with van der Waals surface area (Å²) in [5, 5.41) is 3.30. The molecule has 82 valence electrons. The number of esters is 1. The first kappa shape index (κ1) is 11.5. The first-order chi connectivity index (χ1) is 6.77. The van der Waals surface area contributed by atoms with E-state index in [1.165, 1.54) is 7.11 Å². The predicted molar refractivity (Wildman–Crippen MR) is 54.8 cm³/mol. The summed E-state index contributed by atoms with van der Waals surface area (Å²) < 4.78 is 4.71. The van der Waals surface area contributed by atoms with Gasteiger partial charge in [0.15, 0.2) is 0 Å². The van der Waals surface area contributed by atoms with Crippen LogP contribution in [-0.4, -0.2) is 32.7 Å². The number of carbonyl (C=O) groups is 1. The summed E-state index contributed by atoms with van der Waals surface area (Å²) in [7, 11) is 1.42. The van der Waals surface area contributed by atoms with Crippen LogP contribution in [0, 0.1) is 11.8 Å². The van der Waals surface area contributed by atoms with Gasteiger partial charge >= 0.3 is 5.97 Å². The van der Waals surface area contributed by atoms with Crippen LogP contribution in [0.2, 0.25) is 0 Å². The molecule has 0 aromatic carbocycles. The number of ether oxygens (including phenoxy) is 1. The largest absolute Gasteiger partial charge is 0.469 e. The molecule has 1 saturated heterocycles. The lowest BCUT2D eigenvalue weighted by molar-refractivity contribution is -0.145. The van der Waals surface area contributed by atoms with Gasteiger partial charge in [-0.05, 0) is 38.3 Å². The van der Waals surface area contributed by atoms with E-state index in [0.717, 1.165) is 32.4 Å². The molecule has 1 atom stereocenters. The fourth-order valence-corrected chi connectivity index (χ4v) is 1.98. The highest BCUT2D eigenvalue weighted by atomic mass is 16.5. The normalized spacial score (nSPS) is 20.4. The van der Waals surface area contributed by atoms with Crippen molar-refractivity contribution in [1.82, 2.24) is 5.32 Å². The van der Waals surface area contributed by atoms with Crippen LogP contribution in [0.5, 0.6) is 0 Å². The Balaban J connectivity index is 2.34. The highest BCUT2D eigenvalue weighted by Crippen LogP contribution is 2.21. The Hall–Kier alpha value is -0.610. The molecule has 0 spiro atoms. The SMILES string of the molecule is COC(=O)C(CN)CC1CCNCC1. The molecule has 4 nitrogen and oxygen atoms in total. The second-order valence-corrected chi connectivity index (χ2v) is 3.88. The Morgan fingerprint density at radius 1 is 1.57 bits per heavy atom. The maximum absolute atomic E-state index is 11.3. The topological polar surface area (TPSA) is 64.3 Å². The quantitative estimate of drug-likeness (QED) is 0.633. The molecule has 1 aliphatic heterocycles. The van der Waals surface area contributed by atoms with Crippen LogP contribution in [0.25, 0.3) is 0 Å². The summed E-state index contributed by atoms with van der Waals surface area (Å²) in [5.74, 6) is 0.359. The first-order valence-electron chi connectivity index (χ1n) is 5.26. The van der Waals surface area contributed by atoms with E-state index in [-0.39, 0.29) is 11.9 Å². The third-order valence-electron chi connectivity index (χ3n) is 2.90. The maximum atomic E-state index is 11.3. The predicted octanol–water partition coefficient (Wildman–Crippen LogP) is 0.124. The van der Waals surface area contributed by atoms with Gasteiger partial charge in [0.2, 0.25) is 0 Å². The van der Waals surface area contributed by atoms with E-state index in [2.05, 4.69) is 5.32 Å². The molecule has 0 aliphatic carbocycles. The molecule has 1 heterocycles. The zero-order chi connectivity index (χ0) is 10.4. The van der Waals surface area contributed by atoms with Crippen molar-refractivity contribution in [2.45, 2.75) is 19.3 Å². The Morgan fingerprint density at radius 3 is 2.71 bits per heavy atom. The molecule has 1 unspecified atom stereocenters. The van der Waals surface area contributed by atoms with Crippen molar-refractivity contribution < 1.29 is 9.53 Å². The minimum Gasteiger partial charge on any atom is -0.469 e. The van der Waals surface area contributed by atoms with Crippen molar-refractivity contribution in [2.75, 3.05) is 26.7 Å². The van der Waals surface area contributed by atoms with Gasteiger partial charge in [0, 0.05) is 6.54 Å². The molecule has 0 aromatic heterocycles. The molecule has 1 aliphatic rings. The van der Waals surface area contributed by atoms with Crippen LogP contribution < -0.4 is 11.1 Å². The second-order valence-electron chi connectivity index (χ2n) is 3.88. The molecule has 0 aromatic rings. The highest BCUT2D eigenvalue weighted by molar-refractivity contribution is 5.72. The number of hydrogen-bond acceptors (Lipinski definition) is 4. The van der Waals surface area contributed by atoms with E-state index in [1.54, 1.807) is 0 Å². The number of rotatable bonds is 4. The summed E-state index contributed by atoms with van der Waals surface area (Å²) >= 11 is 0. The number of piperidine rings is 1. The number of nitrogens with one attached hydrogen (secondary N) is 1. The van der Waals surface area contributed by atoms with Gasteiger partial charge in [-0.2, -0.15) is 0 Å². The first-order valence-corrected chi connectivity index (χ1v) is 5.26. The van der Waals surface area contributed by atoms with Gasteiger partial charge in [-0.3, -0.25) is 4.79 Å². The van der Waals surface area contributed by atoms with E-state index in [1.807, 2.05) is 0 Å². The van der Waals surface area contributed by atoms with Crippen LogP contribution in [0.1, 0.15) is 19.3 Å². The van der Waals surface area contributed by atoms with E-state index in [0.29, 0.717) is 12.5 Å². The van der Waals surface area contributed by atoms with Crippen molar-refractivity contribution >= 4 is 5.97 Å². The molecule has 1 fully saturated rings. The van der Waals surface area contributed by atoms with Crippen molar-refractivity contribution in [1.29, 1.82) is 0 Å². The highest BCUT2D eigenvalue weighted by Gasteiger charge is 2.23. The summed E-state index contributed by atoms with van der Waals surface area (Å²) in [4.78, 5) is 11.3. The monoisotopic (exact) mass is 200 g/mol. The van der Waals surface area contributed by atoms with E-state index < -0.39 is 0 Å². The standard InChI is InChI=1S/C10H20N2O2/c1-14-10(13)9(7-11)6-8-2-4-12-5-3-8/h8-9,12H,2-7,11H2,1H3. The average Bonchev–Trinajstić information content (AvgIpc) is 2.26. The zero-order valence-electron chi connectivity index (χ0n) is 8.79. The molecule has 14 heavy (non-hydrogen) atoms. The number of hydrogen-bond donors (Lipinski definition) is 2. The van der Waals surface area contributed by atoms with Gasteiger partial charge in [0.25, 0.3) is 0 Å². The third-order valence-corrected chi connectivity index (χ3v) is 2.90. The van der Waals surface area contributed by atoms with Crippen molar-refractivity contribution in [3.63, 3.8) is 0 Å². The number of carbonyl (C=O) groups excluding carboxylic acids is 1. The lowest BCUT2D eigenvalue weighted by Gasteiger charge is -2.25. The summed E-state index contributed by atoms with van der Waals surface area (Å²) in [6, 6.07) is 0. The molecular formula is C10H20N2O2. The number of nitrogens with two attached hydrogens (primary N) is 1. The van der Waals surface area contributed by atoms with E-state index in [4.69, 9.17) is 10.5 Å². The minimum absolute atomic E-state index is 0.108. The molecule has 0 radical (unpaired) electrons. The van der Waals surface area contributed by atoms with Gasteiger partial charge in [0.1, 0.15) is 0 Å². The van der Waals surface area contributed by atoms with E-state index in [9.17, 15) is 4.79 Å². The van der Waals surface area contributed by atoms with Crippen LogP contribution in [-0.2, 0) is 9.53 Å². The van der Waals surface area contributed by atoms with Gasteiger partial charge in [-0.1, -0.05) is 0 Å². The lowest BCUT2D eigenvalue weighted by atomic mass is 9.88. The summed E-state index contributed by atoms with van der Waals surface area (Å²) in [6.07, 6.45) is 3.17. The Morgan fingerprint density at radius 2 is 2.21 bits per heavy atom. The summed E-state index contributed by atoms with van der Waals surface area (Å²) in [6.45, 7) is 2.52. The molecular weight excluding hydrogens is 180 g/mol. The van der Waals surface area contributed by atoms with Crippen LogP contribution >= 0.6 is 0 Å². The molecule has 0 bridgehead atoms.